The van der Waals surface area contributed by atoms with E-state index in [9.17, 15) is 8.78 Å². The van der Waals surface area contributed by atoms with Gasteiger partial charge in [-0.25, -0.2) is 4.98 Å². The average Bonchev–Trinajstić information content (AvgIpc) is 3.31. The van der Waals surface area contributed by atoms with Crippen molar-refractivity contribution in [3.05, 3.63) is 48.5 Å². The summed E-state index contributed by atoms with van der Waals surface area (Å²) in [6, 6.07) is 10.4. The first-order valence-corrected chi connectivity index (χ1v) is 9.59. The molecular formula is C18H23F2N5S. The van der Waals surface area contributed by atoms with Gasteiger partial charge in [0.05, 0.1) is 6.54 Å². The number of aromatic nitrogens is 2. The molecule has 2 heterocycles. The molecule has 0 saturated carbocycles. The van der Waals surface area contributed by atoms with Gasteiger partial charge in [-0.2, -0.15) is 8.78 Å². The summed E-state index contributed by atoms with van der Waals surface area (Å²) in [6.07, 6.45) is 3.78. The Balaban J connectivity index is 1.49. The Kier molecular flexibility index (Phi) is 6.49. The Labute approximate surface area is 156 Å². The lowest BCUT2D eigenvalue weighted by atomic mass is 10.2. The molecule has 1 atom stereocenters. The second kappa shape index (κ2) is 9.02. The molecule has 5 nitrogen and oxygen atoms in total. The molecule has 26 heavy (non-hydrogen) atoms. The van der Waals surface area contributed by atoms with E-state index < -0.39 is 6.55 Å². The molecule has 0 radical (unpaired) electrons. The van der Waals surface area contributed by atoms with Crippen molar-refractivity contribution in [3.63, 3.8) is 0 Å². The lowest BCUT2D eigenvalue weighted by Gasteiger charge is -2.21. The standard InChI is InChI=1S/C18H23F2N5S/c1-21-18(23-11-16-22-8-10-25(16)17(19)20)24-9-7-14(12-24)13-26-15-5-3-2-4-6-15/h2-6,8,10,14,17H,7,9,11-13H2,1H3,(H,21,23). The van der Waals surface area contributed by atoms with Crippen molar-refractivity contribution in [2.75, 3.05) is 25.9 Å². The zero-order chi connectivity index (χ0) is 18.4. The van der Waals surface area contributed by atoms with Crippen LogP contribution in [0.25, 0.3) is 0 Å². The molecule has 8 heteroatoms. The van der Waals surface area contributed by atoms with E-state index in [1.165, 1.54) is 17.3 Å². The summed E-state index contributed by atoms with van der Waals surface area (Å²) in [5.41, 5.74) is 0. The largest absolute Gasteiger partial charge is 0.349 e. The summed E-state index contributed by atoms with van der Waals surface area (Å²) in [5, 5.41) is 3.16. The van der Waals surface area contributed by atoms with Gasteiger partial charge >= 0.3 is 6.55 Å². The first-order valence-electron chi connectivity index (χ1n) is 8.60. The third-order valence-corrected chi connectivity index (χ3v) is 5.63. The number of rotatable bonds is 6. The van der Waals surface area contributed by atoms with Crippen LogP contribution in [-0.4, -0.2) is 46.3 Å². The van der Waals surface area contributed by atoms with Crippen LogP contribution in [0.4, 0.5) is 8.78 Å². The molecule has 1 aliphatic rings. The van der Waals surface area contributed by atoms with E-state index in [1.54, 1.807) is 7.05 Å². The number of hydrogen-bond donors (Lipinski definition) is 1. The maximum Gasteiger partial charge on any atom is 0.319 e. The van der Waals surface area contributed by atoms with Crippen LogP contribution in [-0.2, 0) is 6.54 Å². The van der Waals surface area contributed by atoms with Crippen molar-refractivity contribution in [1.29, 1.82) is 0 Å². The first-order chi connectivity index (χ1) is 12.7. The molecular weight excluding hydrogens is 356 g/mol. The highest BCUT2D eigenvalue weighted by atomic mass is 32.2. The molecule has 1 N–H and O–H groups in total. The smallest absolute Gasteiger partial charge is 0.319 e. The van der Waals surface area contributed by atoms with Gasteiger partial charge in [0.25, 0.3) is 0 Å². The van der Waals surface area contributed by atoms with Gasteiger partial charge in [0.2, 0.25) is 0 Å². The minimum atomic E-state index is -2.58. The maximum atomic E-state index is 12.9. The summed E-state index contributed by atoms with van der Waals surface area (Å²) in [6.45, 7) is -0.516. The highest BCUT2D eigenvalue weighted by Gasteiger charge is 2.25. The van der Waals surface area contributed by atoms with E-state index in [1.807, 2.05) is 17.8 Å². The molecule has 1 aromatic carbocycles. The van der Waals surface area contributed by atoms with Gasteiger partial charge in [0, 0.05) is 43.2 Å². The number of imidazole rings is 1. The summed E-state index contributed by atoms with van der Waals surface area (Å²) in [4.78, 5) is 11.8. The van der Waals surface area contributed by atoms with Crippen LogP contribution >= 0.6 is 11.8 Å². The van der Waals surface area contributed by atoms with Crippen LogP contribution in [0.15, 0.2) is 52.6 Å². The van der Waals surface area contributed by atoms with Crippen molar-refractivity contribution >= 4 is 17.7 Å². The summed E-state index contributed by atoms with van der Waals surface area (Å²) < 4.78 is 26.7. The monoisotopic (exact) mass is 379 g/mol. The molecule has 0 aliphatic carbocycles. The molecule has 1 aromatic heterocycles. The number of alkyl halides is 2. The minimum absolute atomic E-state index is 0.226. The average molecular weight is 379 g/mol. The Morgan fingerprint density at radius 2 is 2.19 bits per heavy atom. The van der Waals surface area contributed by atoms with Crippen molar-refractivity contribution in [2.45, 2.75) is 24.4 Å². The van der Waals surface area contributed by atoms with E-state index in [0.717, 1.165) is 35.8 Å². The molecule has 0 spiro atoms. The van der Waals surface area contributed by atoms with Crippen molar-refractivity contribution < 1.29 is 8.78 Å². The fraction of sp³-hybridized carbons (Fsp3) is 0.444. The number of hydrogen-bond acceptors (Lipinski definition) is 3. The second-order valence-corrected chi connectivity index (χ2v) is 7.25. The topological polar surface area (TPSA) is 45.5 Å². The van der Waals surface area contributed by atoms with Gasteiger partial charge < -0.3 is 10.2 Å². The molecule has 0 bridgehead atoms. The third-order valence-electron chi connectivity index (χ3n) is 4.39. The summed E-state index contributed by atoms with van der Waals surface area (Å²) >= 11 is 1.87. The van der Waals surface area contributed by atoms with Crippen LogP contribution in [0, 0.1) is 5.92 Å². The van der Waals surface area contributed by atoms with Crippen molar-refractivity contribution in [1.82, 2.24) is 19.8 Å². The number of thioether (sulfide) groups is 1. The SMILES string of the molecule is CN=C(NCc1nccn1C(F)F)N1CCC(CSc2ccccc2)C1. The second-order valence-electron chi connectivity index (χ2n) is 6.15. The highest BCUT2D eigenvalue weighted by molar-refractivity contribution is 7.99. The highest BCUT2D eigenvalue weighted by Crippen LogP contribution is 2.25. The van der Waals surface area contributed by atoms with E-state index >= 15 is 0 Å². The van der Waals surface area contributed by atoms with Gasteiger partial charge in [-0.3, -0.25) is 9.56 Å². The fourth-order valence-electron chi connectivity index (χ4n) is 3.04. The molecule has 1 fully saturated rings. The summed E-state index contributed by atoms with van der Waals surface area (Å²) in [5.74, 6) is 2.69. The number of nitrogens with zero attached hydrogens (tertiary/aromatic N) is 4. The number of aliphatic imine (C=N–C) groups is 1. The zero-order valence-electron chi connectivity index (χ0n) is 14.7. The van der Waals surface area contributed by atoms with Crippen LogP contribution in [0.3, 0.4) is 0 Å². The third kappa shape index (κ3) is 4.75. The van der Waals surface area contributed by atoms with Gasteiger partial charge in [0.1, 0.15) is 5.82 Å². The Bertz CT molecular complexity index is 719. The van der Waals surface area contributed by atoms with Gasteiger partial charge in [-0.05, 0) is 24.5 Å². The first kappa shape index (κ1) is 18.7. The van der Waals surface area contributed by atoms with Crippen molar-refractivity contribution in [2.24, 2.45) is 10.9 Å². The predicted octanol–water partition coefficient (Wildman–Crippen LogP) is 3.47. The van der Waals surface area contributed by atoms with Crippen LogP contribution < -0.4 is 5.32 Å². The van der Waals surface area contributed by atoms with Gasteiger partial charge in [0.15, 0.2) is 5.96 Å². The zero-order valence-corrected chi connectivity index (χ0v) is 15.5. The van der Waals surface area contributed by atoms with E-state index in [0.29, 0.717) is 11.7 Å². The maximum absolute atomic E-state index is 12.9. The molecule has 3 rings (SSSR count). The Hall–Kier alpha value is -2.09. The predicted molar refractivity (Wildman–Crippen MR) is 101 cm³/mol. The molecule has 1 saturated heterocycles. The molecule has 0 amide bonds. The lowest BCUT2D eigenvalue weighted by molar-refractivity contribution is 0.0668. The normalized spacial score (nSPS) is 17.9. The van der Waals surface area contributed by atoms with Crippen molar-refractivity contribution in [3.8, 4) is 0 Å². The minimum Gasteiger partial charge on any atom is -0.349 e. The van der Waals surface area contributed by atoms with E-state index in [-0.39, 0.29) is 6.54 Å². The number of halogens is 2. The van der Waals surface area contributed by atoms with Crippen LogP contribution in [0.5, 0.6) is 0 Å². The molecule has 1 aliphatic heterocycles. The van der Waals surface area contributed by atoms with Gasteiger partial charge in [-0.15, -0.1) is 11.8 Å². The Morgan fingerprint density at radius 1 is 1.38 bits per heavy atom. The van der Waals surface area contributed by atoms with E-state index in [4.69, 9.17) is 0 Å². The number of benzene rings is 1. The molecule has 1 unspecified atom stereocenters. The number of guanidine groups is 1. The van der Waals surface area contributed by atoms with Gasteiger partial charge in [-0.1, -0.05) is 18.2 Å². The van der Waals surface area contributed by atoms with Crippen LogP contribution in [0.1, 0.15) is 18.8 Å². The molecule has 140 valence electrons. The lowest BCUT2D eigenvalue weighted by Crippen LogP contribution is -2.40. The quantitative estimate of drug-likeness (QED) is 0.474. The van der Waals surface area contributed by atoms with E-state index in [2.05, 4.69) is 44.5 Å². The fourth-order valence-corrected chi connectivity index (χ4v) is 4.09. The number of likely N-dealkylation sites (tertiary alicyclic amines) is 1. The summed E-state index contributed by atoms with van der Waals surface area (Å²) in [7, 11) is 1.72. The number of nitrogens with one attached hydrogen (secondary N) is 1. The molecule has 2 aromatic rings. The Morgan fingerprint density at radius 3 is 2.92 bits per heavy atom. The van der Waals surface area contributed by atoms with Crippen LogP contribution in [0.2, 0.25) is 0 Å².